The third-order valence-corrected chi connectivity index (χ3v) is 2.31. The number of rotatable bonds is 8. The van der Waals surface area contributed by atoms with Crippen molar-refractivity contribution in [2.75, 3.05) is 7.11 Å². The highest BCUT2D eigenvalue weighted by molar-refractivity contribution is 5.95. The number of methoxy groups -OCH3 is 1. The maximum absolute atomic E-state index is 11.3. The maximum Gasteiger partial charge on any atom is 0.313 e. The molecule has 0 rings (SSSR count). The van der Waals surface area contributed by atoms with Crippen LogP contribution in [0.2, 0.25) is 0 Å². The molecule has 0 radical (unpaired) electrons. The van der Waals surface area contributed by atoms with Gasteiger partial charge < -0.3 is 9.84 Å². The fourth-order valence-corrected chi connectivity index (χ4v) is 1.35. The van der Waals surface area contributed by atoms with E-state index in [9.17, 15) is 14.7 Å². The van der Waals surface area contributed by atoms with Crippen molar-refractivity contribution in [1.82, 2.24) is 0 Å². The zero-order valence-corrected chi connectivity index (χ0v) is 10.4. The van der Waals surface area contributed by atoms with Crippen LogP contribution in [0.4, 0.5) is 0 Å². The van der Waals surface area contributed by atoms with E-state index < -0.39 is 12.1 Å². The number of Topliss-reactive ketones (excluding diaryl/α,β-unsaturated/α-hetero) is 1. The Morgan fingerprint density at radius 1 is 1.47 bits per heavy atom. The average molecular weight is 240 g/mol. The monoisotopic (exact) mass is 240 g/mol. The molecule has 0 heterocycles. The molecule has 0 fully saturated rings. The predicted molar refractivity (Wildman–Crippen MR) is 65.5 cm³/mol. The molecule has 0 aliphatic carbocycles. The lowest BCUT2D eigenvalue weighted by Gasteiger charge is -2.09. The van der Waals surface area contributed by atoms with Crippen molar-refractivity contribution in [3.63, 3.8) is 0 Å². The molecule has 4 nitrogen and oxygen atoms in total. The van der Waals surface area contributed by atoms with Gasteiger partial charge in [0.1, 0.15) is 12.2 Å². The molecule has 4 heteroatoms. The van der Waals surface area contributed by atoms with E-state index in [4.69, 9.17) is 0 Å². The van der Waals surface area contributed by atoms with Crippen molar-refractivity contribution >= 4 is 11.8 Å². The Labute approximate surface area is 102 Å². The highest BCUT2D eigenvalue weighted by Gasteiger charge is 2.14. The van der Waals surface area contributed by atoms with Crippen molar-refractivity contribution in [3.05, 3.63) is 24.3 Å². The second kappa shape index (κ2) is 8.70. The first-order chi connectivity index (χ1) is 7.99. The largest absolute Gasteiger partial charge is 0.469 e. The summed E-state index contributed by atoms with van der Waals surface area (Å²) in [5, 5.41) is 9.60. The number of ether oxygens (including phenoxy) is 1. The number of ketones is 1. The van der Waals surface area contributed by atoms with Crippen LogP contribution in [0.25, 0.3) is 0 Å². The van der Waals surface area contributed by atoms with Gasteiger partial charge in [-0.1, -0.05) is 24.3 Å². The molecule has 0 aliphatic rings. The summed E-state index contributed by atoms with van der Waals surface area (Å²) in [4.78, 5) is 22.1. The molecule has 0 amide bonds. The Hall–Kier alpha value is -1.42. The lowest BCUT2D eigenvalue weighted by Crippen LogP contribution is -2.17. The average Bonchev–Trinajstić information content (AvgIpc) is 2.26. The summed E-state index contributed by atoms with van der Waals surface area (Å²) < 4.78 is 4.37. The van der Waals surface area contributed by atoms with E-state index in [2.05, 4.69) is 11.3 Å². The molecular formula is C13H20O4. The van der Waals surface area contributed by atoms with E-state index in [1.807, 2.05) is 13.0 Å². The van der Waals surface area contributed by atoms with Gasteiger partial charge >= 0.3 is 5.97 Å². The molecule has 0 aromatic heterocycles. The molecule has 0 spiro atoms. The number of esters is 1. The Kier molecular flexibility index (Phi) is 7.97. The lowest BCUT2D eigenvalue weighted by molar-refractivity contribution is -0.143. The second-order valence-corrected chi connectivity index (χ2v) is 3.94. The van der Waals surface area contributed by atoms with Crippen LogP contribution < -0.4 is 0 Å². The first-order valence-corrected chi connectivity index (χ1v) is 5.54. The van der Waals surface area contributed by atoms with E-state index in [0.29, 0.717) is 12.8 Å². The van der Waals surface area contributed by atoms with Gasteiger partial charge in [0.25, 0.3) is 0 Å². The van der Waals surface area contributed by atoms with Crippen molar-refractivity contribution in [3.8, 4) is 0 Å². The number of carbonyl (C=O) groups excluding carboxylic acids is 2. The molecule has 1 N–H and O–H groups in total. The Morgan fingerprint density at radius 2 is 2.12 bits per heavy atom. The van der Waals surface area contributed by atoms with Crippen molar-refractivity contribution in [1.29, 1.82) is 0 Å². The van der Waals surface area contributed by atoms with Gasteiger partial charge in [0.15, 0.2) is 0 Å². The van der Waals surface area contributed by atoms with Gasteiger partial charge in [-0.3, -0.25) is 9.59 Å². The highest BCUT2D eigenvalue weighted by Crippen LogP contribution is 2.10. The SMILES string of the molecule is C=C/C=C(\C)CC[C@@H](O)CC(=O)CC(=O)OC. The number of allylic oxidation sites excluding steroid dienone is 3. The summed E-state index contributed by atoms with van der Waals surface area (Å²) in [6, 6.07) is 0. The van der Waals surface area contributed by atoms with Crippen LogP contribution in [-0.4, -0.2) is 30.1 Å². The fourth-order valence-electron chi connectivity index (χ4n) is 1.35. The van der Waals surface area contributed by atoms with E-state index in [1.165, 1.54) is 7.11 Å². The third kappa shape index (κ3) is 8.39. The van der Waals surface area contributed by atoms with Gasteiger partial charge in [0.05, 0.1) is 13.2 Å². The van der Waals surface area contributed by atoms with Gasteiger partial charge in [0, 0.05) is 6.42 Å². The van der Waals surface area contributed by atoms with Crippen molar-refractivity contribution in [2.24, 2.45) is 0 Å². The van der Waals surface area contributed by atoms with Gasteiger partial charge in [-0.2, -0.15) is 0 Å². The normalized spacial score (nSPS) is 13.0. The smallest absolute Gasteiger partial charge is 0.313 e. The van der Waals surface area contributed by atoms with E-state index in [-0.39, 0.29) is 18.6 Å². The van der Waals surface area contributed by atoms with Gasteiger partial charge in [-0.05, 0) is 19.8 Å². The second-order valence-electron chi connectivity index (χ2n) is 3.94. The first-order valence-electron chi connectivity index (χ1n) is 5.54. The summed E-state index contributed by atoms with van der Waals surface area (Å²) in [5.74, 6) is -0.861. The van der Waals surface area contributed by atoms with Crippen molar-refractivity contribution in [2.45, 2.75) is 38.7 Å². The third-order valence-electron chi connectivity index (χ3n) is 2.31. The molecule has 0 aromatic rings. The van der Waals surface area contributed by atoms with Crippen molar-refractivity contribution < 1.29 is 19.4 Å². The van der Waals surface area contributed by atoms with Crippen LogP contribution in [0, 0.1) is 0 Å². The Balaban J connectivity index is 3.89. The van der Waals surface area contributed by atoms with E-state index in [0.717, 1.165) is 5.57 Å². The van der Waals surface area contributed by atoms with Crippen LogP contribution >= 0.6 is 0 Å². The molecule has 0 saturated carbocycles. The zero-order chi connectivity index (χ0) is 13.3. The minimum absolute atomic E-state index is 0.00350. The molecule has 0 bridgehead atoms. The maximum atomic E-state index is 11.3. The molecule has 17 heavy (non-hydrogen) atoms. The quantitative estimate of drug-likeness (QED) is 0.399. The first kappa shape index (κ1) is 15.6. The van der Waals surface area contributed by atoms with Crippen LogP contribution in [0.1, 0.15) is 32.6 Å². The topological polar surface area (TPSA) is 63.6 Å². The minimum Gasteiger partial charge on any atom is -0.469 e. The summed E-state index contributed by atoms with van der Waals surface area (Å²) >= 11 is 0. The summed E-state index contributed by atoms with van der Waals surface area (Å²) in [6.45, 7) is 5.51. The number of hydrogen-bond acceptors (Lipinski definition) is 4. The molecule has 0 aromatic carbocycles. The lowest BCUT2D eigenvalue weighted by atomic mass is 10.0. The number of carbonyl (C=O) groups is 2. The Morgan fingerprint density at radius 3 is 2.65 bits per heavy atom. The fraction of sp³-hybridized carbons (Fsp3) is 0.538. The van der Waals surface area contributed by atoms with E-state index in [1.54, 1.807) is 6.08 Å². The van der Waals surface area contributed by atoms with Crippen LogP contribution in [0.15, 0.2) is 24.3 Å². The standard InChI is InChI=1S/C13H20O4/c1-4-5-10(2)6-7-11(14)8-12(15)9-13(16)17-3/h4-5,11,14H,1,6-9H2,2-3H3/b10-5+/t11-/m1/s1. The number of aliphatic hydroxyl groups excluding tert-OH is 1. The number of hydrogen-bond donors (Lipinski definition) is 1. The van der Waals surface area contributed by atoms with E-state index >= 15 is 0 Å². The Bertz CT molecular complexity index is 305. The van der Waals surface area contributed by atoms with Crippen LogP contribution in [0.5, 0.6) is 0 Å². The highest BCUT2D eigenvalue weighted by atomic mass is 16.5. The van der Waals surface area contributed by atoms with Crippen LogP contribution in [0.3, 0.4) is 0 Å². The minimum atomic E-state index is -0.708. The summed E-state index contributed by atoms with van der Waals surface area (Å²) in [7, 11) is 1.23. The molecule has 0 unspecified atom stereocenters. The van der Waals surface area contributed by atoms with Gasteiger partial charge in [-0.15, -0.1) is 0 Å². The summed E-state index contributed by atoms with van der Waals surface area (Å²) in [6.07, 6.45) is 3.78. The molecule has 0 aliphatic heterocycles. The molecular weight excluding hydrogens is 220 g/mol. The number of aliphatic hydroxyl groups is 1. The van der Waals surface area contributed by atoms with Gasteiger partial charge in [-0.25, -0.2) is 0 Å². The zero-order valence-electron chi connectivity index (χ0n) is 10.4. The predicted octanol–water partition coefficient (Wildman–Crippen LogP) is 1.78. The van der Waals surface area contributed by atoms with Crippen LogP contribution in [-0.2, 0) is 14.3 Å². The molecule has 96 valence electrons. The molecule has 1 atom stereocenters. The molecule has 0 saturated heterocycles. The van der Waals surface area contributed by atoms with Gasteiger partial charge in [0.2, 0.25) is 0 Å². The summed E-state index contributed by atoms with van der Waals surface area (Å²) in [5.41, 5.74) is 1.10.